The molecule has 2 rings (SSSR count). The highest BCUT2D eigenvalue weighted by Gasteiger charge is 2.45. The van der Waals surface area contributed by atoms with Crippen LogP contribution in [0, 0.1) is 0 Å². The van der Waals surface area contributed by atoms with Gasteiger partial charge in [-0.3, -0.25) is 9.69 Å². The number of rotatable bonds is 4. The third kappa shape index (κ3) is 3.25. The fraction of sp³-hybridized carbons (Fsp3) is 0.938. The standard InChI is InChI=1S/C16H30N2O3/c1-5-12-11-17(9-10-21-12)13(6-2)15(20)18-8-7-14(19)16(18,3)4/h12-14,19H,5-11H2,1-4H3. The zero-order chi connectivity index (χ0) is 15.6. The average Bonchev–Trinajstić information content (AvgIpc) is 2.74. The number of morpholine rings is 1. The maximum Gasteiger partial charge on any atom is 0.240 e. The maximum atomic E-state index is 13.0. The van der Waals surface area contributed by atoms with Crippen molar-refractivity contribution in [1.29, 1.82) is 0 Å². The Morgan fingerprint density at radius 1 is 1.38 bits per heavy atom. The average molecular weight is 298 g/mol. The molecule has 2 aliphatic heterocycles. The van der Waals surface area contributed by atoms with Gasteiger partial charge in [0.2, 0.25) is 5.91 Å². The number of ether oxygens (including phenoxy) is 1. The second kappa shape index (κ2) is 6.63. The van der Waals surface area contributed by atoms with Crippen molar-refractivity contribution in [2.24, 2.45) is 0 Å². The van der Waals surface area contributed by atoms with Crippen LogP contribution in [0.15, 0.2) is 0 Å². The minimum atomic E-state index is -0.457. The lowest BCUT2D eigenvalue weighted by atomic mass is 9.97. The van der Waals surface area contributed by atoms with E-state index in [2.05, 4.69) is 18.7 Å². The minimum absolute atomic E-state index is 0.0903. The van der Waals surface area contributed by atoms with Crippen LogP contribution in [0.1, 0.15) is 47.0 Å². The summed E-state index contributed by atoms with van der Waals surface area (Å²) in [5.74, 6) is 0.163. The Kier molecular flexibility index (Phi) is 5.28. The number of hydrogen-bond donors (Lipinski definition) is 1. The molecule has 0 aromatic rings. The third-order valence-electron chi connectivity index (χ3n) is 5.14. The number of aliphatic hydroxyl groups excluding tert-OH is 1. The molecule has 21 heavy (non-hydrogen) atoms. The minimum Gasteiger partial charge on any atom is -0.391 e. The number of amides is 1. The number of nitrogens with zero attached hydrogens (tertiary/aromatic N) is 2. The van der Waals surface area contributed by atoms with E-state index in [4.69, 9.17) is 4.74 Å². The SMILES string of the molecule is CCC1CN(C(CC)C(=O)N2CCC(O)C2(C)C)CCO1. The first-order chi connectivity index (χ1) is 9.91. The molecule has 5 heteroatoms. The van der Waals surface area contributed by atoms with Crippen LogP contribution in [0.4, 0.5) is 0 Å². The van der Waals surface area contributed by atoms with Gasteiger partial charge in [-0.1, -0.05) is 13.8 Å². The molecule has 0 aliphatic carbocycles. The molecule has 3 atom stereocenters. The molecule has 5 nitrogen and oxygen atoms in total. The second-order valence-corrected chi connectivity index (χ2v) is 6.77. The first-order valence-electron chi connectivity index (χ1n) is 8.27. The van der Waals surface area contributed by atoms with Crippen LogP contribution in [0.25, 0.3) is 0 Å². The quantitative estimate of drug-likeness (QED) is 0.848. The summed E-state index contributed by atoms with van der Waals surface area (Å²) in [7, 11) is 0. The summed E-state index contributed by atoms with van der Waals surface area (Å²) < 4.78 is 5.71. The Hall–Kier alpha value is -0.650. The van der Waals surface area contributed by atoms with Crippen LogP contribution in [-0.4, -0.2) is 70.8 Å². The van der Waals surface area contributed by atoms with Gasteiger partial charge in [-0.05, 0) is 33.1 Å². The van der Waals surface area contributed by atoms with Crippen molar-refractivity contribution >= 4 is 5.91 Å². The van der Waals surface area contributed by atoms with E-state index in [1.165, 1.54) is 0 Å². The van der Waals surface area contributed by atoms with E-state index in [9.17, 15) is 9.90 Å². The predicted octanol–water partition coefficient (Wildman–Crippen LogP) is 1.25. The molecule has 0 saturated carbocycles. The predicted molar refractivity (Wildman–Crippen MR) is 82.1 cm³/mol. The van der Waals surface area contributed by atoms with Gasteiger partial charge in [-0.25, -0.2) is 0 Å². The highest BCUT2D eigenvalue weighted by atomic mass is 16.5. The van der Waals surface area contributed by atoms with Crippen LogP contribution in [0.5, 0.6) is 0 Å². The maximum absolute atomic E-state index is 13.0. The summed E-state index contributed by atoms with van der Waals surface area (Å²) >= 11 is 0. The summed E-state index contributed by atoms with van der Waals surface area (Å²) in [6, 6.07) is -0.0903. The Morgan fingerprint density at radius 3 is 2.62 bits per heavy atom. The fourth-order valence-corrected chi connectivity index (χ4v) is 3.51. The van der Waals surface area contributed by atoms with Crippen LogP contribution in [0.2, 0.25) is 0 Å². The largest absolute Gasteiger partial charge is 0.391 e. The molecule has 0 aromatic carbocycles. The van der Waals surface area contributed by atoms with E-state index in [0.717, 1.165) is 25.9 Å². The molecule has 1 amide bonds. The summed E-state index contributed by atoms with van der Waals surface area (Å²) in [6.07, 6.45) is 2.27. The molecule has 0 spiro atoms. The van der Waals surface area contributed by atoms with E-state index >= 15 is 0 Å². The van der Waals surface area contributed by atoms with Gasteiger partial charge in [0.1, 0.15) is 0 Å². The van der Waals surface area contributed by atoms with Crippen molar-refractivity contribution in [2.45, 2.75) is 70.7 Å². The first-order valence-corrected chi connectivity index (χ1v) is 8.27. The monoisotopic (exact) mass is 298 g/mol. The van der Waals surface area contributed by atoms with Gasteiger partial charge in [-0.2, -0.15) is 0 Å². The Balaban J connectivity index is 2.08. The summed E-state index contributed by atoms with van der Waals surface area (Å²) in [5.41, 5.74) is -0.457. The molecule has 0 aromatic heterocycles. The zero-order valence-corrected chi connectivity index (χ0v) is 13.8. The topological polar surface area (TPSA) is 53.0 Å². The van der Waals surface area contributed by atoms with E-state index in [0.29, 0.717) is 19.6 Å². The lowest BCUT2D eigenvalue weighted by molar-refractivity contribution is -0.145. The zero-order valence-electron chi connectivity index (χ0n) is 13.8. The Morgan fingerprint density at radius 2 is 2.10 bits per heavy atom. The molecule has 122 valence electrons. The molecule has 0 bridgehead atoms. The third-order valence-corrected chi connectivity index (χ3v) is 5.14. The summed E-state index contributed by atoms with van der Waals surface area (Å²) in [4.78, 5) is 17.1. The lowest BCUT2D eigenvalue weighted by Gasteiger charge is -2.41. The van der Waals surface area contributed by atoms with Gasteiger partial charge in [-0.15, -0.1) is 0 Å². The molecule has 1 N–H and O–H groups in total. The smallest absolute Gasteiger partial charge is 0.240 e. The highest BCUT2D eigenvalue weighted by molar-refractivity contribution is 5.83. The molecular weight excluding hydrogens is 268 g/mol. The van der Waals surface area contributed by atoms with E-state index in [-0.39, 0.29) is 18.1 Å². The molecule has 0 radical (unpaired) electrons. The van der Waals surface area contributed by atoms with E-state index in [1.807, 2.05) is 18.7 Å². The van der Waals surface area contributed by atoms with Crippen molar-refractivity contribution in [1.82, 2.24) is 9.80 Å². The summed E-state index contributed by atoms with van der Waals surface area (Å²) in [5, 5.41) is 10.1. The van der Waals surface area contributed by atoms with Gasteiger partial charge in [0.25, 0.3) is 0 Å². The van der Waals surface area contributed by atoms with Crippen molar-refractivity contribution in [3.8, 4) is 0 Å². The normalized spacial score (nSPS) is 31.4. The number of carbonyl (C=O) groups is 1. The summed E-state index contributed by atoms with van der Waals surface area (Å²) in [6.45, 7) is 11.1. The Bertz CT molecular complexity index is 373. The van der Waals surface area contributed by atoms with Crippen LogP contribution < -0.4 is 0 Å². The Labute approximate surface area is 128 Å². The van der Waals surface area contributed by atoms with Crippen LogP contribution in [0.3, 0.4) is 0 Å². The number of likely N-dealkylation sites (tertiary alicyclic amines) is 1. The van der Waals surface area contributed by atoms with Crippen molar-refractivity contribution in [2.75, 3.05) is 26.2 Å². The molecule has 2 heterocycles. The number of aliphatic hydroxyl groups is 1. The van der Waals surface area contributed by atoms with E-state index < -0.39 is 11.6 Å². The van der Waals surface area contributed by atoms with Crippen molar-refractivity contribution in [3.63, 3.8) is 0 Å². The molecular formula is C16H30N2O3. The number of carbonyl (C=O) groups excluding carboxylic acids is 1. The van der Waals surface area contributed by atoms with Crippen LogP contribution >= 0.6 is 0 Å². The van der Waals surface area contributed by atoms with Crippen LogP contribution in [-0.2, 0) is 9.53 Å². The molecule has 3 unspecified atom stereocenters. The van der Waals surface area contributed by atoms with Gasteiger partial charge in [0.05, 0.1) is 30.4 Å². The molecule has 2 saturated heterocycles. The molecule has 2 fully saturated rings. The first kappa shape index (κ1) is 16.7. The lowest BCUT2D eigenvalue weighted by Crippen LogP contribution is -2.57. The van der Waals surface area contributed by atoms with Gasteiger partial charge < -0.3 is 14.7 Å². The van der Waals surface area contributed by atoms with Crippen molar-refractivity contribution in [3.05, 3.63) is 0 Å². The van der Waals surface area contributed by atoms with Gasteiger partial charge in [0, 0.05) is 19.6 Å². The molecule has 2 aliphatic rings. The highest BCUT2D eigenvalue weighted by Crippen LogP contribution is 2.30. The van der Waals surface area contributed by atoms with Gasteiger partial charge in [0.15, 0.2) is 0 Å². The number of hydrogen-bond acceptors (Lipinski definition) is 4. The second-order valence-electron chi connectivity index (χ2n) is 6.77. The fourth-order valence-electron chi connectivity index (χ4n) is 3.51. The van der Waals surface area contributed by atoms with E-state index in [1.54, 1.807) is 0 Å². The van der Waals surface area contributed by atoms with Crippen molar-refractivity contribution < 1.29 is 14.6 Å². The van der Waals surface area contributed by atoms with Gasteiger partial charge >= 0.3 is 0 Å².